The molecule has 2 heterocycles. The van der Waals surface area contributed by atoms with Gasteiger partial charge in [0.1, 0.15) is 17.6 Å². The Hall–Kier alpha value is -1.25. The smallest absolute Gasteiger partial charge is 0.217 e. The molecule has 1 aliphatic carbocycles. The summed E-state index contributed by atoms with van der Waals surface area (Å²) in [5.41, 5.74) is 6.32. The lowest BCUT2D eigenvalue weighted by atomic mass is 10.2. The zero-order valence-electron chi connectivity index (χ0n) is 11.8. The fourth-order valence-corrected chi connectivity index (χ4v) is 5.05. The molecule has 1 aromatic heterocycles. The van der Waals surface area contributed by atoms with Crippen molar-refractivity contribution < 1.29 is 13.2 Å². The summed E-state index contributed by atoms with van der Waals surface area (Å²) in [5, 5.41) is -0.240. The van der Waals surface area contributed by atoms with Gasteiger partial charge in [-0.2, -0.15) is 4.31 Å². The number of nitrogen functional groups attached to an aromatic ring is 1. The summed E-state index contributed by atoms with van der Waals surface area (Å²) in [6, 6.07) is 0. The van der Waals surface area contributed by atoms with E-state index < -0.39 is 16.1 Å². The lowest BCUT2D eigenvalue weighted by Gasteiger charge is -2.33. The number of nitrogens with two attached hydrogens (primary N) is 1. The van der Waals surface area contributed by atoms with Crippen LogP contribution in [0.4, 0.5) is 5.82 Å². The SMILES string of the molecule is Nc1nccnc1C1CN(S(=O)(=O)C2CCCC2)CCO1. The standard InChI is InChI=1S/C13H20N4O3S/c14-13-12(15-5-6-16-13)11-9-17(7-8-20-11)21(18,19)10-3-1-2-4-10/h5-6,10-11H,1-4,7-9H2,(H2,14,16). The highest BCUT2D eigenvalue weighted by Crippen LogP contribution is 2.31. The summed E-state index contributed by atoms with van der Waals surface area (Å²) in [6.45, 7) is 1.02. The van der Waals surface area contributed by atoms with Gasteiger partial charge in [0.05, 0.1) is 11.9 Å². The Balaban J connectivity index is 1.78. The molecular weight excluding hydrogens is 292 g/mol. The van der Waals surface area contributed by atoms with Gasteiger partial charge in [-0.15, -0.1) is 0 Å². The van der Waals surface area contributed by atoms with E-state index in [4.69, 9.17) is 10.5 Å². The molecule has 0 bridgehead atoms. The number of anilines is 1. The zero-order chi connectivity index (χ0) is 14.9. The molecule has 7 nitrogen and oxygen atoms in total. The van der Waals surface area contributed by atoms with Crippen LogP contribution in [0.5, 0.6) is 0 Å². The number of sulfonamides is 1. The molecule has 116 valence electrons. The van der Waals surface area contributed by atoms with Gasteiger partial charge < -0.3 is 10.5 Å². The fraction of sp³-hybridized carbons (Fsp3) is 0.692. The van der Waals surface area contributed by atoms with Crippen molar-refractivity contribution in [2.45, 2.75) is 37.0 Å². The van der Waals surface area contributed by atoms with Gasteiger partial charge >= 0.3 is 0 Å². The molecule has 1 saturated heterocycles. The Bertz CT molecular complexity index is 601. The van der Waals surface area contributed by atoms with E-state index in [9.17, 15) is 8.42 Å². The molecule has 1 aliphatic heterocycles. The second-order valence-electron chi connectivity index (χ2n) is 5.50. The fourth-order valence-electron chi connectivity index (χ4n) is 3.03. The molecule has 1 atom stereocenters. The first kappa shape index (κ1) is 14.7. The summed E-state index contributed by atoms with van der Waals surface area (Å²) < 4.78 is 32.5. The molecule has 21 heavy (non-hydrogen) atoms. The van der Waals surface area contributed by atoms with Crippen LogP contribution in [0.1, 0.15) is 37.5 Å². The van der Waals surface area contributed by atoms with E-state index in [-0.39, 0.29) is 11.8 Å². The van der Waals surface area contributed by atoms with Crippen LogP contribution in [0.2, 0.25) is 0 Å². The topological polar surface area (TPSA) is 98.4 Å². The van der Waals surface area contributed by atoms with Gasteiger partial charge in [-0.1, -0.05) is 12.8 Å². The van der Waals surface area contributed by atoms with Crippen LogP contribution in [-0.2, 0) is 14.8 Å². The van der Waals surface area contributed by atoms with Crippen LogP contribution in [0.3, 0.4) is 0 Å². The van der Waals surface area contributed by atoms with E-state index in [0.29, 0.717) is 24.7 Å². The van der Waals surface area contributed by atoms with Crippen molar-refractivity contribution in [2.75, 3.05) is 25.4 Å². The maximum Gasteiger partial charge on any atom is 0.217 e. The Morgan fingerprint density at radius 2 is 1.95 bits per heavy atom. The lowest BCUT2D eigenvalue weighted by Crippen LogP contribution is -2.46. The van der Waals surface area contributed by atoms with Crippen molar-refractivity contribution in [3.8, 4) is 0 Å². The summed E-state index contributed by atoms with van der Waals surface area (Å²) >= 11 is 0. The minimum absolute atomic E-state index is 0.240. The third kappa shape index (κ3) is 2.88. The minimum Gasteiger partial charge on any atom is -0.382 e. The first-order valence-corrected chi connectivity index (χ1v) is 8.76. The van der Waals surface area contributed by atoms with Gasteiger partial charge in [0.15, 0.2) is 0 Å². The molecule has 0 radical (unpaired) electrons. The van der Waals surface area contributed by atoms with Crippen LogP contribution >= 0.6 is 0 Å². The highest BCUT2D eigenvalue weighted by atomic mass is 32.2. The van der Waals surface area contributed by atoms with Crippen molar-refractivity contribution >= 4 is 15.8 Å². The second-order valence-corrected chi connectivity index (χ2v) is 7.71. The van der Waals surface area contributed by atoms with Gasteiger partial charge in [-0.3, -0.25) is 4.98 Å². The predicted octanol–water partition coefficient (Wildman–Crippen LogP) is 0.704. The number of hydrogen-bond donors (Lipinski definition) is 1. The predicted molar refractivity (Wildman–Crippen MR) is 77.9 cm³/mol. The Morgan fingerprint density at radius 3 is 2.67 bits per heavy atom. The summed E-state index contributed by atoms with van der Waals surface area (Å²) in [4.78, 5) is 8.17. The van der Waals surface area contributed by atoms with Crippen molar-refractivity contribution in [1.82, 2.24) is 14.3 Å². The van der Waals surface area contributed by atoms with Crippen molar-refractivity contribution in [1.29, 1.82) is 0 Å². The number of hydrogen-bond acceptors (Lipinski definition) is 6. The van der Waals surface area contributed by atoms with Crippen LogP contribution in [0, 0.1) is 0 Å². The maximum atomic E-state index is 12.7. The van der Waals surface area contributed by atoms with Crippen LogP contribution in [0.25, 0.3) is 0 Å². The molecule has 0 spiro atoms. The van der Waals surface area contributed by atoms with E-state index in [0.717, 1.165) is 25.7 Å². The molecular formula is C13H20N4O3S. The number of ether oxygens (including phenoxy) is 1. The van der Waals surface area contributed by atoms with Gasteiger partial charge in [-0.25, -0.2) is 13.4 Å². The van der Waals surface area contributed by atoms with Gasteiger partial charge in [0.2, 0.25) is 10.0 Å². The van der Waals surface area contributed by atoms with Gasteiger partial charge in [0, 0.05) is 25.5 Å². The van der Waals surface area contributed by atoms with Crippen molar-refractivity contribution in [3.05, 3.63) is 18.1 Å². The summed E-state index contributed by atoms with van der Waals surface area (Å²) in [6.07, 6.45) is 6.12. The average Bonchev–Trinajstić information content (AvgIpc) is 3.03. The molecule has 0 aromatic carbocycles. The van der Waals surface area contributed by atoms with Crippen LogP contribution in [-0.4, -0.2) is 47.6 Å². The molecule has 2 aliphatic rings. The Kier molecular flexibility index (Phi) is 4.10. The zero-order valence-corrected chi connectivity index (χ0v) is 12.6. The molecule has 0 amide bonds. The summed E-state index contributed by atoms with van der Waals surface area (Å²) in [7, 11) is -3.25. The largest absolute Gasteiger partial charge is 0.382 e. The molecule has 8 heteroatoms. The van der Waals surface area contributed by atoms with Gasteiger partial charge in [-0.05, 0) is 12.8 Å². The third-order valence-electron chi connectivity index (χ3n) is 4.17. The first-order valence-electron chi connectivity index (χ1n) is 7.26. The number of rotatable bonds is 3. The number of nitrogens with zero attached hydrogens (tertiary/aromatic N) is 3. The summed E-state index contributed by atoms with van der Waals surface area (Å²) in [5.74, 6) is 0.294. The van der Waals surface area contributed by atoms with Crippen LogP contribution < -0.4 is 5.73 Å². The third-order valence-corrected chi connectivity index (χ3v) is 6.54. The highest BCUT2D eigenvalue weighted by Gasteiger charge is 2.38. The Labute approximate surface area is 124 Å². The molecule has 2 N–H and O–H groups in total. The Morgan fingerprint density at radius 1 is 1.24 bits per heavy atom. The first-order chi connectivity index (χ1) is 10.1. The maximum absolute atomic E-state index is 12.7. The molecule has 1 saturated carbocycles. The van der Waals surface area contributed by atoms with Crippen molar-refractivity contribution in [2.24, 2.45) is 0 Å². The molecule has 3 rings (SSSR count). The minimum atomic E-state index is -3.25. The van der Waals surface area contributed by atoms with Crippen molar-refractivity contribution in [3.63, 3.8) is 0 Å². The average molecular weight is 312 g/mol. The number of morpholine rings is 1. The van der Waals surface area contributed by atoms with Gasteiger partial charge in [0.25, 0.3) is 0 Å². The van der Waals surface area contributed by atoms with E-state index in [2.05, 4.69) is 9.97 Å². The quantitative estimate of drug-likeness (QED) is 0.882. The van der Waals surface area contributed by atoms with E-state index in [1.54, 1.807) is 6.20 Å². The molecule has 1 aromatic rings. The highest BCUT2D eigenvalue weighted by molar-refractivity contribution is 7.89. The lowest BCUT2D eigenvalue weighted by molar-refractivity contribution is -0.00492. The van der Waals surface area contributed by atoms with E-state index in [1.165, 1.54) is 10.5 Å². The molecule has 2 fully saturated rings. The van der Waals surface area contributed by atoms with E-state index >= 15 is 0 Å². The molecule has 1 unspecified atom stereocenters. The van der Waals surface area contributed by atoms with Crippen LogP contribution in [0.15, 0.2) is 12.4 Å². The monoisotopic (exact) mass is 312 g/mol. The normalized spacial score (nSPS) is 25.2. The second kappa shape index (κ2) is 5.86. The number of aromatic nitrogens is 2. The van der Waals surface area contributed by atoms with E-state index in [1.807, 2.05) is 0 Å².